The molecule has 0 aliphatic carbocycles. The standard InChI is InChI=1S/C9H13N5O/c1-13(2)8-10-9(12-11-8)14(3)7-5-4-6-15-7/h4-6H,1-3H3,(H,10,11,12). The zero-order valence-electron chi connectivity index (χ0n) is 8.93. The van der Waals surface area contributed by atoms with Crippen LogP contribution in [0.1, 0.15) is 0 Å². The highest BCUT2D eigenvalue weighted by atomic mass is 16.3. The van der Waals surface area contributed by atoms with E-state index < -0.39 is 0 Å². The van der Waals surface area contributed by atoms with Gasteiger partial charge in [-0.3, -0.25) is 9.88 Å². The molecule has 2 aromatic rings. The van der Waals surface area contributed by atoms with Crippen LogP contribution in [-0.2, 0) is 0 Å². The van der Waals surface area contributed by atoms with E-state index in [-0.39, 0.29) is 0 Å². The predicted molar refractivity (Wildman–Crippen MR) is 57.5 cm³/mol. The molecule has 15 heavy (non-hydrogen) atoms. The van der Waals surface area contributed by atoms with Gasteiger partial charge >= 0.3 is 0 Å². The molecule has 0 aliphatic heterocycles. The van der Waals surface area contributed by atoms with Crippen molar-refractivity contribution in [3.63, 3.8) is 0 Å². The molecule has 2 rings (SSSR count). The topological polar surface area (TPSA) is 61.2 Å². The van der Waals surface area contributed by atoms with Crippen LogP contribution in [0.4, 0.5) is 17.8 Å². The van der Waals surface area contributed by atoms with E-state index in [0.29, 0.717) is 11.9 Å². The fraction of sp³-hybridized carbons (Fsp3) is 0.333. The molecule has 6 nitrogen and oxygen atoms in total. The molecule has 0 aliphatic rings. The second-order valence-corrected chi connectivity index (χ2v) is 3.38. The van der Waals surface area contributed by atoms with Crippen molar-refractivity contribution >= 4 is 17.8 Å². The number of anilines is 3. The molecule has 0 saturated carbocycles. The predicted octanol–water partition coefficient (Wildman–Crippen LogP) is 1.23. The SMILES string of the molecule is CN(C)c1nnc(N(C)c2ccco2)[nH]1. The summed E-state index contributed by atoms with van der Waals surface area (Å²) < 4.78 is 5.24. The summed E-state index contributed by atoms with van der Waals surface area (Å²) in [5.74, 6) is 2.08. The molecule has 0 unspecified atom stereocenters. The highest BCUT2D eigenvalue weighted by molar-refractivity contribution is 5.50. The van der Waals surface area contributed by atoms with E-state index in [9.17, 15) is 0 Å². The van der Waals surface area contributed by atoms with Gasteiger partial charge in [0.2, 0.25) is 17.8 Å². The van der Waals surface area contributed by atoms with Gasteiger partial charge in [0.15, 0.2) is 0 Å². The number of furan rings is 1. The normalized spacial score (nSPS) is 10.3. The molecular weight excluding hydrogens is 194 g/mol. The van der Waals surface area contributed by atoms with Crippen LogP contribution >= 0.6 is 0 Å². The number of H-pyrrole nitrogens is 1. The van der Waals surface area contributed by atoms with E-state index >= 15 is 0 Å². The molecule has 80 valence electrons. The first-order valence-electron chi connectivity index (χ1n) is 4.55. The van der Waals surface area contributed by atoms with Gasteiger partial charge in [-0.05, 0) is 6.07 Å². The van der Waals surface area contributed by atoms with Crippen molar-refractivity contribution in [2.24, 2.45) is 0 Å². The summed E-state index contributed by atoms with van der Waals surface area (Å²) in [6, 6.07) is 3.69. The zero-order chi connectivity index (χ0) is 10.8. The first-order valence-corrected chi connectivity index (χ1v) is 4.55. The highest BCUT2D eigenvalue weighted by Crippen LogP contribution is 2.20. The quantitative estimate of drug-likeness (QED) is 0.820. The summed E-state index contributed by atoms with van der Waals surface area (Å²) in [5.41, 5.74) is 0. The molecular formula is C9H13N5O. The average molecular weight is 207 g/mol. The van der Waals surface area contributed by atoms with E-state index in [1.165, 1.54) is 0 Å². The number of rotatable bonds is 3. The molecule has 0 amide bonds. The molecule has 0 saturated heterocycles. The van der Waals surface area contributed by atoms with Gasteiger partial charge in [-0.25, -0.2) is 0 Å². The van der Waals surface area contributed by atoms with E-state index in [0.717, 1.165) is 5.88 Å². The van der Waals surface area contributed by atoms with E-state index in [1.54, 1.807) is 11.2 Å². The monoisotopic (exact) mass is 207 g/mol. The molecule has 0 spiro atoms. The Morgan fingerprint density at radius 1 is 1.20 bits per heavy atom. The second-order valence-electron chi connectivity index (χ2n) is 3.38. The summed E-state index contributed by atoms with van der Waals surface area (Å²) in [6.07, 6.45) is 1.62. The van der Waals surface area contributed by atoms with Gasteiger partial charge in [0.05, 0.1) is 6.26 Å². The maximum Gasteiger partial charge on any atom is 0.232 e. The van der Waals surface area contributed by atoms with Crippen LogP contribution in [-0.4, -0.2) is 36.3 Å². The molecule has 1 N–H and O–H groups in total. The van der Waals surface area contributed by atoms with E-state index in [4.69, 9.17) is 4.42 Å². The van der Waals surface area contributed by atoms with Gasteiger partial charge < -0.3 is 9.32 Å². The van der Waals surface area contributed by atoms with Crippen molar-refractivity contribution in [1.29, 1.82) is 0 Å². The van der Waals surface area contributed by atoms with Crippen LogP contribution in [0.3, 0.4) is 0 Å². The second kappa shape index (κ2) is 3.64. The van der Waals surface area contributed by atoms with Gasteiger partial charge in [-0.1, -0.05) is 0 Å². The van der Waals surface area contributed by atoms with Crippen molar-refractivity contribution in [1.82, 2.24) is 15.2 Å². The maximum atomic E-state index is 5.24. The Kier molecular flexibility index (Phi) is 2.32. The van der Waals surface area contributed by atoms with E-state index in [2.05, 4.69) is 15.2 Å². The minimum atomic E-state index is 0.647. The molecule has 0 aromatic carbocycles. The number of nitrogens with zero attached hydrogens (tertiary/aromatic N) is 4. The first kappa shape index (κ1) is 9.57. The fourth-order valence-corrected chi connectivity index (χ4v) is 1.16. The Morgan fingerprint density at radius 3 is 2.47 bits per heavy atom. The van der Waals surface area contributed by atoms with Crippen molar-refractivity contribution in [2.45, 2.75) is 0 Å². The van der Waals surface area contributed by atoms with Gasteiger partial charge in [-0.2, -0.15) is 0 Å². The van der Waals surface area contributed by atoms with Gasteiger partial charge in [0, 0.05) is 27.2 Å². The lowest BCUT2D eigenvalue weighted by Gasteiger charge is -2.11. The van der Waals surface area contributed by atoms with Crippen LogP contribution < -0.4 is 9.80 Å². The minimum Gasteiger partial charge on any atom is -0.448 e. The molecule has 6 heteroatoms. The van der Waals surface area contributed by atoms with Crippen LogP contribution in [0.5, 0.6) is 0 Å². The van der Waals surface area contributed by atoms with Crippen molar-refractivity contribution in [3.05, 3.63) is 18.4 Å². The van der Waals surface area contributed by atoms with Crippen molar-refractivity contribution in [2.75, 3.05) is 30.9 Å². The Balaban J connectivity index is 2.23. The van der Waals surface area contributed by atoms with Crippen LogP contribution in [0.25, 0.3) is 0 Å². The van der Waals surface area contributed by atoms with E-state index in [1.807, 2.05) is 38.2 Å². The third-order valence-electron chi connectivity index (χ3n) is 2.04. The van der Waals surface area contributed by atoms with Crippen LogP contribution in [0, 0.1) is 0 Å². The molecule has 0 fully saturated rings. The number of aromatic nitrogens is 3. The zero-order valence-corrected chi connectivity index (χ0v) is 8.93. The molecule has 0 atom stereocenters. The van der Waals surface area contributed by atoms with Gasteiger partial charge in [0.1, 0.15) is 0 Å². The first-order chi connectivity index (χ1) is 7.18. The van der Waals surface area contributed by atoms with Gasteiger partial charge in [-0.15, -0.1) is 10.2 Å². The van der Waals surface area contributed by atoms with Crippen LogP contribution in [0.15, 0.2) is 22.8 Å². The summed E-state index contributed by atoms with van der Waals surface area (Å²) in [5, 5.41) is 8.00. The fourth-order valence-electron chi connectivity index (χ4n) is 1.16. The maximum absolute atomic E-state index is 5.24. The largest absolute Gasteiger partial charge is 0.448 e. The number of nitrogens with one attached hydrogen (secondary N) is 1. The van der Waals surface area contributed by atoms with Crippen LogP contribution in [0.2, 0.25) is 0 Å². The third-order valence-corrected chi connectivity index (χ3v) is 2.04. The van der Waals surface area contributed by atoms with Crippen molar-refractivity contribution in [3.8, 4) is 0 Å². The lowest BCUT2D eigenvalue weighted by Crippen LogP contribution is -2.12. The number of hydrogen-bond donors (Lipinski definition) is 1. The minimum absolute atomic E-state index is 0.647. The smallest absolute Gasteiger partial charge is 0.232 e. The molecule has 0 radical (unpaired) electrons. The lowest BCUT2D eigenvalue weighted by atomic mass is 10.6. The summed E-state index contributed by atoms with van der Waals surface area (Å²) in [6.45, 7) is 0. The molecule has 0 bridgehead atoms. The molecule has 2 aromatic heterocycles. The third kappa shape index (κ3) is 1.78. The summed E-state index contributed by atoms with van der Waals surface area (Å²) >= 11 is 0. The Morgan fingerprint density at radius 2 is 1.93 bits per heavy atom. The Hall–Kier alpha value is -1.98. The number of aromatic amines is 1. The highest BCUT2D eigenvalue weighted by Gasteiger charge is 2.11. The Labute approximate surface area is 87.5 Å². The number of hydrogen-bond acceptors (Lipinski definition) is 5. The Bertz CT molecular complexity index is 419. The summed E-state index contributed by atoms with van der Waals surface area (Å²) in [7, 11) is 5.66. The molecule has 2 heterocycles. The summed E-state index contributed by atoms with van der Waals surface area (Å²) in [4.78, 5) is 6.72. The van der Waals surface area contributed by atoms with Crippen molar-refractivity contribution < 1.29 is 4.42 Å². The average Bonchev–Trinajstić information content (AvgIpc) is 2.88. The van der Waals surface area contributed by atoms with Gasteiger partial charge in [0.25, 0.3) is 0 Å². The lowest BCUT2D eigenvalue weighted by molar-refractivity contribution is 0.568.